The van der Waals surface area contributed by atoms with Crippen LogP contribution in [0.4, 0.5) is 4.39 Å². The van der Waals surface area contributed by atoms with Gasteiger partial charge in [0.25, 0.3) is 10.0 Å². The lowest BCUT2D eigenvalue weighted by Crippen LogP contribution is -2.47. The Morgan fingerprint density at radius 2 is 2.21 bits per heavy atom. The van der Waals surface area contributed by atoms with Crippen LogP contribution in [0.1, 0.15) is 5.56 Å². The number of rotatable bonds is 6. The highest BCUT2D eigenvalue weighted by atomic mass is 79.9. The lowest BCUT2D eigenvalue weighted by molar-refractivity contribution is 0.00624. The molecule has 0 radical (unpaired) electrons. The number of β-amino-alcohol motifs (C(OH)–C–C–N with tert-alkyl or cyclic N) is 1. The zero-order valence-corrected chi connectivity index (χ0v) is 17.5. The molecule has 2 aromatic rings. The molecule has 29 heavy (non-hydrogen) atoms. The zero-order valence-electron chi connectivity index (χ0n) is 15.1. The molecule has 3 N–H and O–H groups in total. The first-order valence-corrected chi connectivity index (χ1v) is 10.8. The van der Waals surface area contributed by atoms with E-state index < -0.39 is 27.4 Å². The molecule has 1 saturated heterocycles. The Morgan fingerprint density at radius 3 is 2.79 bits per heavy atom. The van der Waals surface area contributed by atoms with Crippen molar-refractivity contribution in [1.82, 2.24) is 9.29 Å². The number of aromatic nitrogens is 1. The van der Waals surface area contributed by atoms with Crippen LogP contribution in [0.3, 0.4) is 0 Å². The minimum atomic E-state index is -3.93. The number of halogens is 2. The maximum absolute atomic E-state index is 13.7. The number of hydrogen-bond donors (Lipinski definition) is 2. The maximum atomic E-state index is 13.7. The van der Waals surface area contributed by atoms with Gasteiger partial charge in [0.15, 0.2) is 5.03 Å². The molecule has 0 unspecified atom stereocenters. The van der Waals surface area contributed by atoms with E-state index in [4.69, 9.17) is 15.7 Å². The van der Waals surface area contributed by atoms with Crippen molar-refractivity contribution in [3.63, 3.8) is 0 Å². The van der Waals surface area contributed by atoms with Gasteiger partial charge >= 0.3 is 0 Å². The average Bonchev–Trinajstić information content (AvgIpc) is 3.05. The largest absolute Gasteiger partial charge is 0.493 e. The minimum absolute atomic E-state index is 0.0352. The van der Waals surface area contributed by atoms with Crippen molar-refractivity contribution in [2.24, 2.45) is 11.7 Å². The van der Waals surface area contributed by atoms with E-state index in [1.165, 1.54) is 24.4 Å². The van der Waals surface area contributed by atoms with Crippen molar-refractivity contribution in [3.8, 4) is 11.8 Å². The summed E-state index contributed by atoms with van der Waals surface area (Å²) in [7, 11) is -3.93. The molecule has 2 atom stereocenters. The molecular weight excluding hydrogens is 467 g/mol. The number of nitrogens with zero attached hydrogens (tertiary/aromatic N) is 3. The SMILES string of the molecule is N#Cc1ccc(OC[C@H]2CN(S(=O)(=O)c3ccc(Br)cn3)C[C@@]2(O)CN)cc1F. The van der Waals surface area contributed by atoms with Crippen LogP contribution in [0, 0.1) is 23.1 Å². The number of benzene rings is 1. The normalized spacial score (nSPS) is 22.4. The topological polar surface area (TPSA) is 130 Å². The van der Waals surface area contributed by atoms with Crippen LogP contribution in [0.25, 0.3) is 0 Å². The van der Waals surface area contributed by atoms with E-state index in [0.717, 1.165) is 10.4 Å². The Hall–Kier alpha value is -2.10. The van der Waals surface area contributed by atoms with Gasteiger partial charge in [0.1, 0.15) is 17.6 Å². The summed E-state index contributed by atoms with van der Waals surface area (Å²) in [5.74, 6) is -1.20. The van der Waals surface area contributed by atoms with Crippen molar-refractivity contribution in [3.05, 3.63) is 52.4 Å². The van der Waals surface area contributed by atoms with E-state index in [1.54, 1.807) is 12.1 Å². The third-order valence-corrected chi connectivity index (χ3v) is 7.00. The quantitative estimate of drug-likeness (QED) is 0.630. The molecule has 0 bridgehead atoms. The average molecular weight is 485 g/mol. The summed E-state index contributed by atoms with van der Waals surface area (Å²) < 4.78 is 46.7. The highest BCUT2D eigenvalue weighted by molar-refractivity contribution is 9.10. The Balaban J connectivity index is 1.77. The number of nitriles is 1. The highest BCUT2D eigenvalue weighted by Crippen LogP contribution is 2.32. The molecule has 0 aliphatic carbocycles. The van der Waals surface area contributed by atoms with Gasteiger partial charge in [0, 0.05) is 42.3 Å². The fourth-order valence-electron chi connectivity index (χ4n) is 3.06. The van der Waals surface area contributed by atoms with Gasteiger partial charge in [-0.25, -0.2) is 17.8 Å². The van der Waals surface area contributed by atoms with E-state index in [0.29, 0.717) is 4.47 Å². The number of hydrogen-bond acceptors (Lipinski definition) is 7. The predicted molar refractivity (Wildman–Crippen MR) is 105 cm³/mol. The number of nitrogens with two attached hydrogens (primary N) is 1. The number of sulfonamides is 1. The second-order valence-electron chi connectivity index (χ2n) is 6.68. The zero-order chi connectivity index (χ0) is 21.2. The molecule has 2 heterocycles. The van der Waals surface area contributed by atoms with Gasteiger partial charge in [-0.15, -0.1) is 0 Å². The highest BCUT2D eigenvalue weighted by Gasteiger charge is 2.49. The molecule has 0 spiro atoms. The number of aliphatic hydroxyl groups is 1. The Morgan fingerprint density at radius 1 is 1.45 bits per heavy atom. The molecular formula is C18H18BrFN4O4S. The van der Waals surface area contributed by atoms with Crippen LogP contribution in [0.15, 0.2) is 46.0 Å². The molecule has 1 aliphatic heterocycles. The van der Waals surface area contributed by atoms with Gasteiger partial charge in [0.05, 0.1) is 17.8 Å². The summed E-state index contributed by atoms with van der Waals surface area (Å²) in [5, 5.41) is 19.5. The molecule has 8 nitrogen and oxygen atoms in total. The van der Waals surface area contributed by atoms with E-state index >= 15 is 0 Å². The van der Waals surface area contributed by atoms with Gasteiger partial charge in [-0.3, -0.25) is 0 Å². The molecule has 1 aliphatic rings. The van der Waals surface area contributed by atoms with Crippen molar-refractivity contribution in [2.75, 3.05) is 26.2 Å². The number of pyridine rings is 1. The van der Waals surface area contributed by atoms with E-state index in [1.807, 2.05) is 0 Å². The lowest BCUT2D eigenvalue weighted by Gasteiger charge is -2.27. The summed E-state index contributed by atoms with van der Waals surface area (Å²) >= 11 is 3.20. The summed E-state index contributed by atoms with van der Waals surface area (Å²) in [6, 6.07) is 8.42. The predicted octanol–water partition coefficient (Wildman–Crippen LogP) is 1.24. The molecule has 1 aromatic heterocycles. The molecule has 0 saturated carbocycles. The van der Waals surface area contributed by atoms with E-state index in [9.17, 15) is 17.9 Å². The first kappa shape index (κ1) is 21.6. The molecule has 1 aromatic carbocycles. The van der Waals surface area contributed by atoms with Crippen molar-refractivity contribution in [2.45, 2.75) is 10.6 Å². The second kappa shape index (κ2) is 8.33. The van der Waals surface area contributed by atoms with Gasteiger partial charge in [0.2, 0.25) is 0 Å². The molecule has 1 fully saturated rings. The van der Waals surface area contributed by atoms with Crippen molar-refractivity contribution in [1.29, 1.82) is 5.26 Å². The fraction of sp³-hybridized carbons (Fsp3) is 0.333. The first-order valence-electron chi connectivity index (χ1n) is 8.56. The summed E-state index contributed by atoms with van der Waals surface area (Å²) in [6.45, 7) is -0.507. The fourth-order valence-corrected chi connectivity index (χ4v) is 4.75. The second-order valence-corrected chi connectivity index (χ2v) is 9.48. The molecule has 154 valence electrons. The van der Waals surface area contributed by atoms with Crippen molar-refractivity contribution >= 4 is 26.0 Å². The molecule has 3 rings (SSSR count). The van der Waals surface area contributed by atoms with Gasteiger partial charge in [-0.2, -0.15) is 9.57 Å². The monoisotopic (exact) mass is 484 g/mol. The van der Waals surface area contributed by atoms with Crippen LogP contribution in [0.5, 0.6) is 5.75 Å². The van der Waals surface area contributed by atoms with Gasteiger partial charge < -0.3 is 15.6 Å². The van der Waals surface area contributed by atoms with Crippen LogP contribution in [-0.2, 0) is 10.0 Å². The maximum Gasteiger partial charge on any atom is 0.260 e. The standard InChI is InChI=1S/C18H18BrFN4O4S/c19-14-2-4-17(23-7-14)29(26,27)24-8-13(18(25,10-22)11-24)9-28-15-3-1-12(6-21)16(20)5-15/h1-5,7,13,25H,8-11,22H2/t13-,18+/m1/s1. The molecule has 0 amide bonds. The van der Waals surface area contributed by atoms with E-state index in [2.05, 4.69) is 20.9 Å². The third kappa shape index (κ3) is 4.41. The van der Waals surface area contributed by atoms with E-state index in [-0.39, 0.29) is 42.6 Å². The Bertz CT molecular complexity index is 1040. The van der Waals surface area contributed by atoms with Gasteiger partial charge in [-0.05, 0) is 40.2 Å². The van der Waals surface area contributed by atoms with Crippen LogP contribution in [-0.4, -0.2) is 54.7 Å². The van der Waals surface area contributed by atoms with Crippen LogP contribution >= 0.6 is 15.9 Å². The Labute approximate surface area is 175 Å². The lowest BCUT2D eigenvalue weighted by atomic mass is 9.92. The Kier molecular flexibility index (Phi) is 6.21. The van der Waals surface area contributed by atoms with Gasteiger partial charge in [-0.1, -0.05) is 0 Å². The van der Waals surface area contributed by atoms with Crippen molar-refractivity contribution < 1.29 is 22.7 Å². The minimum Gasteiger partial charge on any atom is -0.493 e. The molecule has 11 heteroatoms. The summed E-state index contributed by atoms with van der Waals surface area (Å²) in [5.41, 5.74) is 4.09. The number of ether oxygens (including phenoxy) is 1. The summed E-state index contributed by atoms with van der Waals surface area (Å²) in [6.07, 6.45) is 1.37. The third-order valence-electron chi connectivity index (χ3n) is 4.80. The van der Waals surface area contributed by atoms with Crippen LogP contribution < -0.4 is 10.5 Å². The van der Waals surface area contributed by atoms with Crippen LogP contribution in [0.2, 0.25) is 0 Å². The smallest absolute Gasteiger partial charge is 0.260 e. The first-order chi connectivity index (χ1) is 13.7. The summed E-state index contributed by atoms with van der Waals surface area (Å²) in [4.78, 5) is 3.92.